The molecule has 1 aromatic heterocycles. The molecule has 2 heterocycles. The third-order valence-electron chi connectivity index (χ3n) is 5.12. The second kappa shape index (κ2) is 10.5. The molecule has 1 aliphatic rings. The first-order chi connectivity index (χ1) is 14.1. The quantitative estimate of drug-likeness (QED) is 0.696. The smallest absolute Gasteiger partial charge is 0.262 e. The molecule has 2 atom stereocenters. The summed E-state index contributed by atoms with van der Waals surface area (Å²) in [5.41, 5.74) is 1.17. The molecular formula is C22H29N3O3S. The molecule has 0 spiro atoms. The third-order valence-corrected chi connectivity index (χ3v) is 5.99. The van der Waals surface area contributed by atoms with Gasteiger partial charge >= 0.3 is 0 Å². The molecule has 1 fully saturated rings. The van der Waals surface area contributed by atoms with Gasteiger partial charge in [0, 0.05) is 19.6 Å². The van der Waals surface area contributed by atoms with Gasteiger partial charge in [-0.3, -0.25) is 14.5 Å². The number of rotatable bonds is 8. The van der Waals surface area contributed by atoms with Crippen molar-refractivity contribution in [3.63, 3.8) is 0 Å². The number of nitrogens with zero attached hydrogens (tertiary/aromatic N) is 1. The number of carbonyl (C=O) groups is 2. The highest BCUT2D eigenvalue weighted by atomic mass is 32.1. The summed E-state index contributed by atoms with van der Waals surface area (Å²) in [6.45, 7) is 7.42. The van der Waals surface area contributed by atoms with Gasteiger partial charge in [-0.05, 0) is 22.9 Å². The number of nitrogens with one attached hydrogen (secondary N) is 2. The molecule has 7 heteroatoms. The van der Waals surface area contributed by atoms with Crippen LogP contribution in [-0.4, -0.2) is 55.6 Å². The molecule has 156 valence electrons. The SMILES string of the molecule is CC(C)C(NC(=O)c1cccs1)C(=O)NCC(c1ccccc1)N1CCOCC1. The lowest BCUT2D eigenvalue weighted by Crippen LogP contribution is -2.51. The fraction of sp³-hybridized carbons (Fsp3) is 0.455. The Bertz CT molecular complexity index is 774. The van der Waals surface area contributed by atoms with Gasteiger partial charge in [0.05, 0.1) is 24.1 Å². The molecule has 2 aromatic rings. The molecule has 29 heavy (non-hydrogen) atoms. The van der Waals surface area contributed by atoms with Crippen molar-refractivity contribution in [3.8, 4) is 0 Å². The van der Waals surface area contributed by atoms with Crippen LogP contribution in [0, 0.1) is 5.92 Å². The van der Waals surface area contributed by atoms with Crippen molar-refractivity contribution in [2.24, 2.45) is 5.92 Å². The highest BCUT2D eigenvalue weighted by Crippen LogP contribution is 2.21. The van der Waals surface area contributed by atoms with Crippen LogP contribution in [0.1, 0.15) is 35.1 Å². The number of thiophene rings is 1. The van der Waals surface area contributed by atoms with E-state index in [-0.39, 0.29) is 23.8 Å². The second-order valence-corrected chi connectivity index (χ2v) is 8.44. The fourth-order valence-electron chi connectivity index (χ4n) is 3.48. The molecule has 1 aliphatic heterocycles. The number of hydrogen-bond donors (Lipinski definition) is 2. The van der Waals surface area contributed by atoms with Gasteiger partial charge in [-0.15, -0.1) is 11.3 Å². The Morgan fingerprint density at radius 3 is 2.45 bits per heavy atom. The Balaban J connectivity index is 1.66. The standard InChI is InChI=1S/C22H29N3O3S/c1-16(2)20(24-21(26)19-9-6-14-29-19)22(27)23-15-18(17-7-4-3-5-8-17)25-10-12-28-13-11-25/h3-9,14,16,18,20H,10-13,15H2,1-2H3,(H,23,27)(H,24,26). The van der Waals surface area contributed by atoms with Gasteiger partial charge < -0.3 is 15.4 Å². The Kier molecular flexibility index (Phi) is 7.80. The van der Waals surface area contributed by atoms with E-state index < -0.39 is 6.04 Å². The van der Waals surface area contributed by atoms with Crippen LogP contribution in [0.3, 0.4) is 0 Å². The number of hydrogen-bond acceptors (Lipinski definition) is 5. The van der Waals surface area contributed by atoms with Gasteiger partial charge in [-0.2, -0.15) is 0 Å². The van der Waals surface area contributed by atoms with Crippen LogP contribution in [0.4, 0.5) is 0 Å². The van der Waals surface area contributed by atoms with Crippen LogP contribution >= 0.6 is 11.3 Å². The molecule has 0 bridgehead atoms. The minimum Gasteiger partial charge on any atom is -0.379 e. The summed E-state index contributed by atoms with van der Waals surface area (Å²) in [5.74, 6) is -0.377. The van der Waals surface area contributed by atoms with Crippen LogP contribution in [-0.2, 0) is 9.53 Å². The van der Waals surface area contributed by atoms with Crippen LogP contribution < -0.4 is 10.6 Å². The zero-order valence-corrected chi connectivity index (χ0v) is 17.8. The van der Waals surface area contributed by atoms with Crippen molar-refractivity contribution in [3.05, 3.63) is 58.3 Å². The number of amides is 2. The molecule has 2 amide bonds. The average molecular weight is 416 g/mol. The molecule has 6 nitrogen and oxygen atoms in total. The summed E-state index contributed by atoms with van der Waals surface area (Å²) < 4.78 is 5.48. The normalized spacial score (nSPS) is 16.9. The minimum absolute atomic E-state index is 0.0162. The van der Waals surface area contributed by atoms with Crippen molar-refractivity contribution in [1.82, 2.24) is 15.5 Å². The molecule has 2 N–H and O–H groups in total. The van der Waals surface area contributed by atoms with Crippen molar-refractivity contribution in [1.29, 1.82) is 0 Å². The lowest BCUT2D eigenvalue weighted by molar-refractivity contribution is -0.124. The van der Waals surface area contributed by atoms with E-state index in [2.05, 4.69) is 27.7 Å². The summed E-state index contributed by atoms with van der Waals surface area (Å²) in [6.07, 6.45) is 0. The van der Waals surface area contributed by atoms with E-state index in [4.69, 9.17) is 4.74 Å². The Morgan fingerprint density at radius 2 is 1.83 bits per heavy atom. The van der Waals surface area contributed by atoms with Gasteiger partial charge in [0.2, 0.25) is 5.91 Å². The van der Waals surface area contributed by atoms with Crippen molar-refractivity contribution < 1.29 is 14.3 Å². The Labute approximate surface area is 176 Å². The Morgan fingerprint density at radius 1 is 1.10 bits per heavy atom. The van der Waals surface area contributed by atoms with E-state index in [0.717, 1.165) is 13.1 Å². The molecule has 0 saturated carbocycles. The lowest BCUT2D eigenvalue weighted by Gasteiger charge is -2.35. The molecule has 1 aromatic carbocycles. The zero-order valence-electron chi connectivity index (χ0n) is 17.0. The van der Waals surface area contributed by atoms with Crippen LogP contribution in [0.2, 0.25) is 0 Å². The Hall–Kier alpha value is -2.22. The van der Waals surface area contributed by atoms with E-state index in [0.29, 0.717) is 24.6 Å². The number of benzene rings is 1. The maximum Gasteiger partial charge on any atom is 0.262 e. The fourth-order valence-corrected chi connectivity index (χ4v) is 4.11. The van der Waals surface area contributed by atoms with Gasteiger partial charge in [0.15, 0.2) is 0 Å². The molecule has 0 aliphatic carbocycles. The first kappa shape index (κ1) is 21.5. The molecule has 0 radical (unpaired) electrons. The van der Waals surface area contributed by atoms with Crippen LogP contribution in [0.25, 0.3) is 0 Å². The summed E-state index contributed by atoms with van der Waals surface area (Å²) in [5, 5.41) is 7.82. The predicted octanol–water partition coefficient (Wildman–Crippen LogP) is 2.69. The molecule has 3 rings (SSSR count). The van der Waals surface area contributed by atoms with Gasteiger partial charge in [0.1, 0.15) is 6.04 Å². The van der Waals surface area contributed by atoms with E-state index >= 15 is 0 Å². The van der Waals surface area contributed by atoms with Crippen molar-refractivity contribution in [2.45, 2.75) is 25.9 Å². The van der Waals surface area contributed by atoms with E-state index in [1.807, 2.05) is 43.5 Å². The maximum atomic E-state index is 12.9. The topological polar surface area (TPSA) is 70.7 Å². The second-order valence-electron chi connectivity index (χ2n) is 7.49. The maximum absolute atomic E-state index is 12.9. The first-order valence-corrected chi connectivity index (χ1v) is 10.9. The summed E-state index contributed by atoms with van der Waals surface area (Å²) >= 11 is 1.37. The van der Waals surface area contributed by atoms with Gasteiger partial charge in [-0.1, -0.05) is 50.2 Å². The molecule has 2 unspecified atom stereocenters. The van der Waals surface area contributed by atoms with Crippen molar-refractivity contribution in [2.75, 3.05) is 32.8 Å². The summed E-state index contributed by atoms with van der Waals surface area (Å²) in [4.78, 5) is 28.3. The van der Waals surface area contributed by atoms with E-state index in [1.54, 1.807) is 6.07 Å². The molecular weight excluding hydrogens is 386 g/mol. The third kappa shape index (κ3) is 5.88. The van der Waals surface area contributed by atoms with Crippen LogP contribution in [0.15, 0.2) is 47.8 Å². The average Bonchev–Trinajstić information content (AvgIpc) is 3.28. The largest absolute Gasteiger partial charge is 0.379 e. The van der Waals surface area contributed by atoms with E-state index in [9.17, 15) is 9.59 Å². The number of carbonyl (C=O) groups excluding carboxylic acids is 2. The highest BCUT2D eigenvalue weighted by Gasteiger charge is 2.28. The predicted molar refractivity (Wildman–Crippen MR) is 115 cm³/mol. The molecule has 1 saturated heterocycles. The monoisotopic (exact) mass is 415 g/mol. The van der Waals surface area contributed by atoms with Gasteiger partial charge in [-0.25, -0.2) is 0 Å². The van der Waals surface area contributed by atoms with Gasteiger partial charge in [0.25, 0.3) is 5.91 Å². The minimum atomic E-state index is -0.578. The number of morpholine rings is 1. The zero-order chi connectivity index (χ0) is 20.6. The van der Waals surface area contributed by atoms with Crippen LogP contribution in [0.5, 0.6) is 0 Å². The van der Waals surface area contributed by atoms with Crippen molar-refractivity contribution >= 4 is 23.2 Å². The lowest BCUT2D eigenvalue weighted by atomic mass is 10.0. The van der Waals surface area contributed by atoms with E-state index in [1.165, 1.54) is 16.9 Å². The number of ether oxygens (including phenoxy) is 1. The summed E-state index contributed by atoms with van der Waals surface area (Å²) in [7, 11) is 0. The first-order valence-electron chi connectivity index (χ1n) is 10.0. The summed E-state index contributed by atoms with van der Waals surface area (Å²) in [6, 6.07) is 13.3. The highest BCUT2D eigenvalue weighted by molar-refractivity contribution is 7.12.